The second-order valence-electron chi connectivity index (χ2n) is 8.93. The molecule has 1 aliphatic rings. The number of carbonyl (C=O) groups excluding carboxylic acids is 2. The molecule has 13 nitrogen and oxygen atoms in total. The number of aliphatic hydroxyl groups excluding tert-OH is 2. The number of phenols is 5. The van der Waals surface area contributed by atoms with Crippen LogP contribution < -0.4 is 4.74 Å². The van der Waals surface area contributed by atoms with Gasteiger partial charge in [0.25, 0.3) is 0 Å². The minimum absolute atomic E-state index is 0.182. The summed E-state index contributed by atoms with van der Waals surface area (Å²) in [6.45, 7) is -0.554. The van der Waals surface area contributed by atoms with E-state index in [1.807, 2.05) is 6.07 Å². The van der Waals surface area contributed by atoms with Gasteiger partial charge in [0, 0.05) is 24.3 Å². The Balaban J connectivity index is 1.52. The maximum absolute atomic E-state index is 12.8. The van der Waals surface area contributed by atoms with Crippen LogP contribution in [0.4, 0.5) is 0 Å². The maximum Gasteiger partial charge on any atom is 0.339 e. The van der Waals surface area contributed by atoms with Gasteiger partial charge in [-0.2, -0.15) is 0 Å². The Morgan fingerprint density at radius 3 is 2.12 bits per heavy atom. The summed E-state index contributed by atoms with van der Waals surface area (Å²) < 4.78 is 21.7. The van der Waals surface area contributed by atoms with Gasteiger partial charge in [-0.05, 0) is 23.8 Å². The third kappa shape index (κ3) is 7.16. The highest BCUT2D eigenvalue weighted by Crippen LogP contribution is 2.36. The summed E-state index contributed by atoms with van der Waals surface area (Å²) in [5, 5.41) is 70.1. The van der Waals surface area contributed by atoms with Gasteiger partial charge in [-0.1, -0.05) is 30.3 Å². The van der Waals surface area contributed by atoms with E-state index in [1.165, 1.54) is 6.08 Å². The number of rotatable bonds is 8. The molecule has 0 saturated carbocycles. The molecule has 0 radical (unpaired) electrons. The fourth-order valence-corrected chi connectivity index (χ4v) is 3.89. The average molecular weight is 571 g/mol. The lowest BCUT2D eigenvalue weighted by atomic mass is 9.99. The summed E-state index contributed by atoms with van der Waals surface area (Å²) in [5.74, 6) is -5.51. The van der Waals surface area contributed by atoms with Crippen LogP contribution in [0.3, 0.4) is 0 Å². The van der Waals surface area contributed by atoms with Gasteiger partial charge in [0.1, 0.15) is 42.2 Å². The standard InChI is InChI=1S/C28H26O13/c29-16-10-17(30)12-18(11-16)39-28-26(41-27(37)15-8-19(31)23(34)20(32)9-15)25(36)24(35)21(40-28)13-38-22(33)7-6-14-4-2-1-3-5-14/h1-12,21,24-26,28-32,34-36H,13H2/t21-,24-,25+,26-,28-/m1/s1. The van der Waals surface area contributed by atoms with E-state index in [2.05, 4.69) is 0 Å². The molecule has 4 rings (SSSR count). The largest absolute Gasteiger partial charge is 0.508 e. The predicted molar refractivity (Wildman–Crippen MR) is 138 cm³/mol. The Labute approximate surface area is 232 Å². The lowest BCUT2D eigenvalue weighted by molar-refractivity contribution is -0.277. The van der Waals surface area contributed by atoms with Crippen molar-refractivity contribution in [3.05, 3.63) is 77.9 Å². The smallest absolute Gasteiger partial charge is 0.339 e. The van der Waals surface area contributed by atoms with Crippen molar-refractivity contribution in [1.29, 1.82) is 0 Å². The molecule has 0 unspecified atom stereocenters. The van der Waals surface area contributed by atoms with Crippen molar-refractivity contribution in [2.45, 2.75) is 30.7 Å². The summed E-state index contributed by atoms with van der Waals surface area (Å²) in [6, 6.07) is 13.6. The summed E-state index contributed by atoms with van der Waals surface area (Å²) in [5.41, 5.74) is 0.297. The molecule has 1 heterocycles. The maximum atomic E-state index is 12.8. The van der Waals surface area contributed by atoms with Crippen LogP contribution in [0.15, 0.2) is 66.7 Å². The van der Waals surface area contributed by atoms with Gasteiger partial charge in [-0.3, -0.25) is 0 Å². The van der Waals surface area contributed by atoms with Crippen LogP contribution >= 0.6 is 0 Å². The molecule has 7 N–H and O–H groups in total. The fourth-order valence-electron chi connectivity index (χ4n) is 3.89. The van der Waals surface area contributed by atoms with E-state index < -0.39 is 83.6 Å². The Bertz CT molecular complexity index is 1380. The van der Waals surface area contributed by atoms with E-state index in [-0.39, 0.29) is 5.75 Å². The van der Waals surface area contributed by atoms with Gasteiger partial charge < -0.3 is 54.7 Å². The lowest BCUT2D eigenvalue weighted by Crippen LogP contribution is -2.61. The SMILES string of the molecule is O=C(C=Cc1ccccc1)OC[C@H]1O[C@@H](Oc2cc(O)cc(O)c2)[C@H](OC(=O)c2cc(O)c(O)c(O)c2)[C@@H](O)[C@@H]1O. The topological polar surface area (TPSA) is 213 Å². The first kappa shape index (κ1) is 29.0. The van der Waals surface area contributed by atoms with E-state index in [9.17, 15) is 45.3 Å². The second kappa shape index (κ2) is 12.5. The molecule has 3 aromatic carbocycles. The highest BCUT2D eigenvalue weighted by molar-refractivity contribution is 5.91. The van der Waals surface area contributed by atoms with Crippen LogP contribution in [0.5, 0.6) is 34.5 Å². The predicted octanol–water partition coefficient (Wildman–Crippen LogP) is 1.52. The van der Waals surface area contributed by atoms with Crippen molar-refractivity contribution in [3.8, 4) is 34.5 Å². The molecule has 3 aromatic rings. The van der Waals surface area contributed by atoms with Gasteiger partial charge in [0.2, 0.25) is 6.29 Å². The number of aromatic hydroxyl groups is 5. The molecule has 1 fully saturated rings. The highest BCUT2D eigenvalue weighted by Gasteiger charge is 2.48. The summed E-state index contributed by atoms with van der Waals surface area (Å²) in [6.07, 6.45) is -5.83. The van der Waals surface area contributed by atoms with Gasteiger partial charge in [0.05, 0.1) is 5.56 Å². The Hall–Kier alpha value is -4.98. The van der Waals surface area contributed by atoms with Crippen molar-refractivity contribution >= 4 is 18.0 Å². The molecular formula is C28H26O13. The number of esters is 2. The molecule has 0 amide bonds. The molecule has 0 bridgehead atoms. The monoisotopic (exact) mass is 570 g/mol. The first-order chi connectivity index (χ1) is 19.5. The number of aliphatic hydroxyl groups is 2. The zero-order valence-electron chi connectivity index (χ0n) is 21.1. The van der Waals surface area contributed by atoms with E-state index in [0.29, 0.717) is 0 Å². The number of hydrogen-bond acceptors (Lipinski definition) is 13. The van der Waals surface area contributed by atoms with Crippen molar-refractivity contribution in [2.75, 3.05) is 6.61 Å². The molecule has 41 heavy (non-hydrogen) atoms. The third-order valence-corrected chi connectivity index (χ3v) is 5.92. The van der Waals surface area contributed by atoms with Crippen molar-refractivity contribution in [3.63, 3.8) is 0 Å². The molecule has 13 heteroatoms. The average Bonchev–Trinajstić information content (AvgIpc) is 2.93. The molecule has 0 aliphatic carbocycles. The number of ether oxygens (including phenoxy) is 4. The first-order valence-corrected chi connectivity index (χ1v) is 12.1. The molecule has 0 spiro atoms. The highest BCUT2D eigenvalue weighted by atomic mass is 16.7. The number of phenolic OH excluding ortho intramolecular Hbond substituents is 5. The van der Waals surface area contributed by atoms with Crippen LogP contribution in [0.2, 0.25) is 0 Å². The van der Waals surface area contributed by atoms with Gasteiger partial charge >= 0.3 is 11.9 Å². The van der Waals surface area contributed by atoms with Gasteiger partial charge in [-0.25, -0.2) is 9.59 Å². The van der Waals surface area contributed by atoms with E-state index >= 15 is 0 Å². The minimum atomic E-state index is -1.88. The molecular weight excluding hydrogens is 544 g/mol. The van der Waals surface area contributed by atoms with E-state index in [4.69, 9.17) is 18.9 Å². The normalized spacial score (nSPS) is 22.2. The third-order valence-electron chi connectivity index (χ3n) is 5.92. The van der Waals surface area contributed by atoms with Crippen LogP contribution in [0.25, 0.3) is 6.08 Å². The molecule has 1 saturated heterocycles. The van der Waals surface area contributed by atoms with Crippen molar-refractivity contribution in [2.24, 2.45) is 0 Å². The number of benzene rings is 3. The van der Waals surface area contributed by atoms with Crippen molar-refractivity contribution < 1.29 is 64.3 Å². The number of carbonyl (C=O) groups is 2. The van der Waals surface area contributed by atoms with Gasteiger partial charge in [0.15, 0.2) is 23.4 Å². The zero-order chi connectivity index (χ0) is 29.7. The van der Waals surface area contributed by atoms with Crippen LogP contribution in [-0.2, 0) is 19.0 Å². The summed E-state index contributed by atoms with van der Waals surface area (Å²) in [7, 11) is 0. The van der Waals surface area contributed by atoms with E-state index in [0.717, 1.165) is 42.0 Å². The number of hydrogen-bond donors (Lipinski definition) is 7. The Morgan fingerprint density at radius 2 is 1.49 bits per heavy atom. The van der Waals surface area contributed by atoms with Crippen LogP contribution in [0.1, 0.15) is 15.9 Å². The van der Waals surface area contributed by atoms with Gasteiger partial charge in [-0.15, -0.1) is 0 Å². The lowest BCUT2D eigenvalue weighted by Gasteiger charge is -2.41. The molecule has 216 valence electrons. The summed E-state index contributed by atoms with van der Waals surface area (Å²) in [4.78, 5) is 25.0. The second-order valence-corrected chi connectivity index (χ2v) is 8.93. The summed E-state index contributed by atoms with van der Waals surface area (Å²) >= 11 is 0. The molecule has 1 aliphatic heterocycles. The van der Waals surface area contributed by atoms with Crippen LogP contribution in [0, 0.1) is 0 Å². The Kier molecular flexibility index (Phi) is 8.82. The minimum Gasteiger partial charge on any atom is -0.508 e. The Morgan fingerprint density at radius 1 is 0.854 bits per heavy atom. The quantitative estimate of drug-likeness (QED) is 0.116. The van der Waals surface area contributed by atoms with Crippen LogP contribution in [-0.4, -0.2) is 85.0 Å². The van der Waals surface area contributed by atoms with E-state index in [1.54, 1.807) is 24.3 Å². The van der Waals surface area contributed by atoms with Crippen molar-refractivity contribution in [1.82, 2.24) is 0 Å². The first-order valence-electron chi connectivity index (χ1n) is 12.1. The molecule has 0 aromatic heterocycles. The zero-order valence-corrected chi connectivity index (χ0v) is 21.1. The fraction of sp³-hybridized carbons (Fsp3) is 0.214. The molecule has 5 atom stereocenters.